The fourth-order valence-electron chi connectivity index (χ4n) is 1.31. The molecule has 0 unspecified atom stereocenters. The van der Waals surface area contributed by atoms with Crippen molar-refractivity contribution in [2.24, 2.45) is 0 Å². The maximum absolute atomic E-state index is 11.7. The van der Waals surface area contributed by atoms with Crippen molar-refractivity contribution in [3.63, 3.8) is 0 Å². The number of hydrogen-bond acceptors (Lipinski definition) is 5. The lowest BCUT2D eigenvalue weighted by Gasteiger charge is -1.99. The van der Waals surface area contributed by atoms with Crippen LogP contribution in [0.25, 0.3) is 0 Å². The standard InChI is InChI=1S/C11H11N3O3S/c1-17-10(15)7-14-6-8(5-12-14)13-11(16)9-3-2-4-18-9/h2-6H,7H2,1H3,(H,13,16). The Morgan fingerprint density at radius 2 is 2.39 bits per heavy atom. The monoisotopic (exact) mass is 265 g/mol. The third kappa shape index (κ3) is 2.95. The van der Waals surface area contributed by atoms with Crippen LogP contribution < -0.4 is 5.32 Å². The molecular weight excluding hydrogens is 254 g/mol. The summed E-state index contributed by atoms with van der Waals surface area (Å²) >= 11 is 1.36. The smallest absolute Gasteiger partial charge is 0.327 e. The molecule has 1 amide bonds. The second kappa shape index (κ2) is 5.46. The van der Waals surface area contributed by atoms with Crippen LogP contribution in [0.1, 0.15) is 9.67 Å². The lowest BCUT2D eigenvalue weighted by atomic mass is 10.4. The maximum Gasteiger partial charge on any atom is 0.327 e. The van der Waals surface area contributed by atoms with Gasteiger partial charge in [0.1, 0.15) is 6.54 Å². The van der Waals surface area contributed by atoms with E-state index in [4.69, 9.17) is 0 Å². The largest absolute Gasteiger partial charge is 0.468 e. The molecule has 0 saturated heterocycles. The summed E-state index contributed by atoms with van der Waals surface area (Å²) in [6.07, 6.45) is 3.05. The van der Waals surface area contributed by atoms with Crippen molar-refractivity contribution < 1.29 is 14.3 Å². The summed E-state index contributed by atoms with van der Waals surface area (Å²) in [5, 5.41) is 8.46. The van der Waals surface area contributed by atoms with Gasteiger partial charge in [0.15, 0.2) is 0 Å². The molecule has 0 aliphatic rings. The van der Waals surface area contributed by atoms with Gasteiger partial charge in [-0.3, -0.25) is 14.3 Å². The molecule has 0 atom stereocenters. The number of rotatable bonds is 4. The lowest BCUT2D eigenvalue weighted by molar-refractivity contribution is -0.141. The molecule has 94 valence electrons. The number of ether oxygens (including phenoxy) is 1. The first-order valence-corrected chi connectivity index (χ1v) is 6.01. The molecule has 1 N–H and O–H groups in total. The third-order valence-corrected chi connectivity index (χ3v) is 3.02. The number of nitrogens with one attached hydrogen (secondary N) is 1. The number of esters is 1. The van der Waals surface area contributed by atoms with Gasteiger partial charge in [0.2, 0.25) is 0 Å². The second-order valence-electron chi connectivity index (χ2n) is 3.43. The van der Waals surface area contributed by atoms with Gasteiger partial charge in [0, 0.05) is 6.20 Å². The minimum Gasteiger partial charge on any atom is -0.468 e. The lowest BCUT2D eigenvalue weighted by Crippen LogP contribution is -2.12. The van der Waals surface area contributed by atoms with Crippen LogP contribution in [0.5, 0.6) is 0 Å². The third-order valence-electron chi connectivity index (χ3n) is 2.15. The van der Waals surface area contributed by atoms with Crippen LogP contribution in [0.2, 0.25) is 0 Å². The van der Waals surface area contributed by atoms with Crippen molar-refractivity contribution in [1.29, 1.82) is 0 Å². The van der Waals surface area contributed by atoms with Crippen molar-refractivity contribution in [3.8, 4) is 0 Å². The summed E-state index contributed by atoms with van der Waals surface area (Å²) in [6, 6.07) is 3.54. The first-order valence-electron chi connectivity index (χ1n) is 5.13. The van der Waals surface area contributed by atoms with Gasteiger partial charge in [-0.15, -0.1) is 11.3 Å². The highest BCUT2D eigenvalue weighted by molar-refractivity contribution is 7.12. The number of carbonyl (C=O) groups excluding carboxylic acids is 2. The Kier molecular flexibility index (Phi) is 3.73. The minimum absolute atomic E-state index is 0.0192. The predicted molar refractivity (Wildman–Crippen MR) is 66.5 cm³/mol. The van der Waals surface area contributed by atoms with Gasteiger partial charge >= 0.3 is 5.97 Å². The number of thiophene rings is 1. The summed E-state index contributed by atoms with van der Waals surface area (Å²) in [5.74, 6) is -0.586. The molecule has 6 nitrogen and oxygen atoms in total. The molecule has 0 fully saturated rings. The average Bonchev–Trinajstić information content (AvgIpc) is 3.00. The Hall–Kier alpha value is -2.15. The molecule has 7 heteroatoms. The predicted octanol–water partition coefficient (Wildman–Crippen LogP) is 1.37. The van der Waals surface area contributed by atoms with Crippen LogP contribution in [0, 0.1) is 0 Å². The number of anilines is 1. The van der Waals surface area contributed by atoms with Crippen LogP contribution in [0.3, 0.4) is 0 Å². The second-order valence-corrected chi connectivity index (χ2v) is 4.38. The van der Waals surface area contributed by atoms with E-state index in [-0.39, 0.29) is 12.5 Å². The number of nitrogens with zero attached hydrogens (tertiary/aromatic N) is 2. The summed E-state index contributed by atoms with van der Waals surface area (Å²) in [7, 11) is 1.31. The molecule has 0 aromatic carbocycles. The fraction of sp³-hybridized carbons (Fsp3) is 0.182. The van der Waals surface area contributed by atoms with Crippen molar-refractivity contribution in [1.82, 2.24) is 9.78 Å². The highest BCUT2D eigenvalue weighted by Crippen LogP contribution is 2.12. The van der Waals surface area contributed by atoms with Crippen LogP contribution in [0.4, 0.5) is 5.69 Å². The maximum atomic E-state index is 11.7. The molecule has 2 aromatic rings. The molecule has 2 rings (SSSR count). The Bertz CT molecular complexity index is 548. The first kappa shape index (κ1) is 12.3. The van der Waals surface area contributed by atoms with Gasteiger partial charge in [0.05, 0.1) is 23.9 Å². The van der Waals surface area contributed by atoms with E-state index in [1.54, 1.807) is 18.3 Å². The van der Waals surface area contributed by atoms with Crippen LogP contribution in [-0.4, -0.2) is 28.8 Å². The van der Waals surface area contributed by atoms with E-state index < -0.39 is 5.97 Å². The minimum atomic E-state index is -0.394. The number of aromatic nitrogens is 2. The Balaban J connectivity index is 1.98. The Morgan fingerprint density at radius 3 is 3.06 bits per heavy atom. The molecule has 0 bridgehead atoms. The molecule has 0 radical (unpaired) electrons. The molecule has 0 aliphatic heterocycles. The zero-order valence-electron chi connectivity index (χ0n) is 9.62. The molecule has 0 aliphatic carbocycles. The summed E-state index contributed by atoms with van der Waals surface area (Å²) in [6.45, 7) is 0.0192. The average molecular weight is 265 g/mol. The fourth-order valence-corrected chi connectivity index (χ4v) is 1.93. The molecule has 0 saturated carbocycles. The molecule has 18 heavy (non-hydrogen) atoms. The van der Waals surface area contributed by atoms with E-state index in [2.05, 4.69) is 15.2 Å². The van der Waals surface area contributed by atoms with E-state index in [1.807, 2.05) is 5.38 Å². The summed E-state index contributed by atoms with van der Waals surface area (Å²) in [4.78, 5) is 23.4. The van der Waals surface area contributed by atoms with Gasteiger partial charge in [-0.05, 0) is 11.4 Å². The number of carbonyl (C=O) groups is 2. The van der Waals surface area contributed by atoms with Crippen LogP contribution >= 0.6 is 11.3 Å². The van der Waals surface area contributed by atoms with Gasteiger partial charge in [-0.1, -0.05) is 6.07 Å². The highest BCUT2D eigenvalue weighted by atomic mass is 32.1. The van der Waals surface area contributed by atoms with E-state index in [9.17, 15) is 9.59 Å². The van der Waals surface area contributed by atoms with E-state index in [0.717, 1.165) is 0 Å². The normalized spacial score (nSPS) is 10.1. The van der Waals surface area contributed by atoms with Gasteiger partial charge < -0.3 is 10.1 Å². The summed E-state index contributed by atoms with van der Waals surface area (Å²) < 4.78 is 5.92. The quantitative estimate of drug-likeness (QED) is 0.847. The van der Waals surface area contributed by atoms with Crippen molar-refractivity contribution in [3.05, 3.63) is 34.8 Å². The Morgan fingerprint density at radius 1 is 1.56 bits per heavy atom. The number of amides is 1. The zero-order valence-corrected chi connectivity index (χ0v) is 10.4. The van der Waals surface area contributed by atoms with Crippen molar-refractivity contribution in [2.45, 2.75) is 6.54 Å². The molecule has 0 spiro atoms. The summed E-state index contributed by atoms with van der Waals surface area (Å²) in [5.41, 5.74) is 0.539. The van der Waals surface area contributed by atoms with Crippen molar-refractivity contribution in [2.75, 3.05) is 12.4 Å². The molecule has 2 aromatic heterocycles. The number of hydrogen-bond donors (Lipinski definition) is 1. The van der Waals surface area contributed by atoms with Crippen LogP contribution in [0.15, 0.2) is 29.9 Å². The molecular formula is C11H11N3O3S. The zero-order chi connectivity index (χ0) is 13.0. The number of methoxy groups -OCH3 is 1. The molecule has 2 heterocycles. The SMILES string of the molecule is COC(=O)Cn1cc(NC(=O)c2cccs2)cn1. The first-order chi connectivity index (χ1) is 8.69. The topological polar surface area (TPSA) is 73.2 Å². The van der Waals surface area contributed by atoms with Gasteiger partial charge in [0.25, 0.3) is 5.91 Å². The van der Waals surface area contributed by atoms with Crippen molar-refractivity contribution >= 4 is 28.9 Å². The highest BCUT2D eigenvalue weighted by Gasteiger charge is 2.09. The Labute approximate surface area is 107 Å². The van der Waals surface area contributed by atoms with Crippen LogP contribution in [-0.2, 0) is 16.1 Å². The van der Waals surface area contributed by atoms with E-state index in [1.165, 1.54) is 29.3 Å². The van der Waals surface area contributed by atoms with Gasteiger partial charge in [-0.25, -0.2) is 0 Å². The van der Waals surface area contributed by atoms with E-state index in [0.29, 0.717) is 10.6 Å². The van der Waals surface area contributed by atoms with E-state index >= 15 is 0 Å². The van der Waals surface area contributed by atoms with Gasteiger partial charge in [-0.2, -0.15) is 5.10 Å².